The molecule has 0 spiro atoms. The third kappa shape index (κ3) is 5.40. The minimum atomic E-state index is -4.57. The van der Waals surface area contributed by atoms with Gasteiger partial charge in [-0.2, -0.15) is 13.2 Å². The number of nitrogens with zero attached hydrogens (tertiary/aromatic N) is 5. The molecule has 2 aromatic heterocycles. The molecule has 4 aromatic rings. The molecule has 1 amide bonds. The predicted octanol–water partition coefficient (Wildman–Crippen LogP) is 4.73. The van der Waals surface area contributed by atoms with Crippen LogP contribution in [0.4, 0.5) is 23.2 Å². The molecule has 6 nitrogen and oxygen atoms in total. The second kappa shape index (κ2) is 9.19. The van der Waals surface area contributed by atoms with E-state index in [2.05, 4.69) is 15.3 Å². The third-order valence-corrected chi connectivity index (χ3v) is 4.78. The van der Waals surface area contributed by atoms with Crippen molar-refractivity contribution in [2.75, 3.05) is 4.90 Å². The number of rotatable bonds is 6. The second-order valence-electron chi connectivity index (χ2n) is 7.20. The fraction of sp³-hybridized carbons (Fsp3) is 0.130. The maximum atomic E-state index is 13.4. The summed E-state index contributed by atoms with van der Waals surface area (Å²) in [6.07, 6.45) is -2.03. The van der Waals surface area contributed by atoms with Crippen LogP contribution >= 0.6 is 0 Å². The highest BCUT2D eigenvalue weighted by Gasteiger charge is 2.32. The van der Waals surface area contributed by atoms with Gasteiger partial charge in [0.25, 0.3) is 5.91 Å². The first-order valence-electron chi connectivity index (χ1n) is 9.83. The fourth-order valence-corrected chi connectivity index (χ4v) is 3.15. The molecular weight excluding hydrogens is 438 g/mol. The van der Waals surface area contributed by atoms with Gasteiger partial charge in [0, 0.05) is 11.9 Å². The number of carbonyl (C=O) groups excluding carboxylic acids is 1. The predicted molar refractivity (Wildman–Crippen MR) is 112 cm³/mol. The van der Waals surface area contributed by atoms with Crippen molar-refractivity contribution in [3.05, 3.63) is 107 Å². The van der Waals surface area contributed by atoms with Gasteiger partial charge in [-0.3, -0.25) is 9.78 Å². The summed E-state index contributed by atoms with van der Waals surface area (Å²) in [5, 5.41) is 7.94. The molecule has 0 N–H and O–H groups in total. The van der Waals surface area contributed by atoms with Gasteiger partial charge in [0.05, 0.1) is 19.3 Å². The van der Waals surface area contributed by atoms with Crippen molar-refractivity contribution < 1.29 is 22.4 Å². The molecule has 4 rings (SSSR count). The molecule has 0 saturated heterocycles. The van der Waals surface area contributed by atoms with Gasteiger partial charge in [-0.15, -0.1) is 5.10 Å². The van der Waals surface area contributed by atoms with Crippen molar-refractivity contribution in [1.82, 2.24) is 20.0 Å². The van der Waals surface area contributed by atoms with E-state index in [1.165, 1.54) is 46.1 Å². The number of aromatic nitrogens is 4. The van der Waals surface area contributed by atoms with Crippen LogP contribution in [0, 0.1) is 5.82 Å². The summed E-state index contributed by atoms with van der Waals surface area (Å²) < 4.78 is 53.4. The Hall–Kier alpha value is -4.08. The van der Waals surface area contributed by atoms with Crippen LogP contribution < -0.4 is 4.90 Å². The maximum Gasteiger partial charge on any atom is 0.433 e. The minimum Gasteiger partial charge on any atom is -0.302 e. The molecule has 0 saturated carbocycles. The SMILES string of the molecule is O=C(c1cn(Cc2ccccc2)nn1)N(Cc1ccc(C(F)(F)F)nc1)c1ccc(F)cc1. The lowest BCUT2D eigenvalue weighted by atomic mass is 10.2. The number of hydrogen-bond donors (Lipinski definition) is 0. The summed E-state index contributed by atoms with van der Waals surface area (Å²) in [5.41, 5.74) is 0.675. The number of benzene rings is 2. The standard InChI is InChI=1S/C23H17F4N5O/c24-18-7-9-19(10-8-18)32(14-17-6-11-21(28-12-17)23(25,26)27)22(33)20-15-31(30-29-20)13-16-4-2-1-3-5-16/h1-12,15H,13-14H2. The van der Waals surface area contributed by atoms with E-state index in [0.717, 1.165) is 17.8 Å². The number of amides is 1. The zero-order valence-electron chi connectivity index (χ0n) is 17.1. The van der Waals surface area contributed by atoms with E-state index in [-0.39, 0.29) is 12.2 Å². The van der Waals surface area contributed by atoms with Crippen molar-refractivity contribution in [3.63, 3.8) is 0 Å². The maximum absolute atomic E-state index is 13.4. The highest BCUT2D eigenvalue weighted by molar-refractivity contribution is 6.04. The summed E-state index contributed by atoms with van der Waals surface area (Å²) in [4.78, 5) is 18.0. The smallest absolute Gasteiger partial charge is 0.302 e. The van der Waals surface area contributed by atoms with E-state index >= 15 is 0 Å². The van der Waals surface area contributed by atoms with Crippen molar-refractivity contribution >= 4 is 11.6 Å². The number of carbonyl (C=O) groups is 1. The molecule has 10 heteroatoms. The van der Waals surface area contributed by atoms with Gasteiger partial charge in [0.15, 0.2) is 5.69 Å². The van der Waals surface area contributed by atoms with E-state index in [1.54, 1.807) is 0 Å². The Kier molecular flexibility index (Phi) is 6.16. The molecule has 0 fully saturated rings. The molecule has 0 aliphatic rings. The monoisotopic (exact) mass is 455 g/mol. The van der Waals surface area contributed by atoms with Crippen molar-refractivity contribution in [1.29, 1.82) is 0 Å². The Balaban J connectivity index is 1.59. The summed E-state index contributed by atoms with van der Waals surface area (Å²) in [7, 11) is 0. The Bertz CT molecular complexity index is 1220. The highest BCUT2D eigenvalue weighted by Crippen LogP contribution is 2.28. The quantitative estimate of drug-likeness (QED) is 0.395. The zero-order valence-corrected chi connectivity index (χ0v) is 17.1. The Morgan fingerprint density at radius 2 is 1.67 bits per heavy atom. The van der Waals surface area contributed by atoms with Gasteiger partial charge in [-0.1, -0.05) is 41.6 Å². The minimum absolute atomic E-state index is 0.0372. The molecule has 0 aliphatic heterocycles. The Labute approximate surface area is 186 Å². The average molecular weight is 455 g/mol. The van der Waals surface area contributed by atoms with E-state index in [1.807, 2.05) is 30.3 Å². The van der Waals surface area contributed by atoms with Crippen LogP contribution in [0.25, 0.3) is 0 Å². The zero-order chi connectivity index (χ0) is 23.4. The van der Waals surface area contributed by atoms with Crippen LogP contribution in [0.5, 0.6) is 0 Å². The lowest BCUT2D eigenvalue weighted by Crippen LogP contribution is -2.31. The van der Waals surface area contributed by atoms with Crippen LogP contribution in [0.1, 0.15) is 27.3 Å². The average Bonchev–Trinajstić information content (AvgIpc) is 3.27. The summed E-state index contributed by atoms with van der Waals surface area (Å²) in [6.45, 7) is 0.307. The van der Waals surface area contributed by atoms with Gasteiger partial charge in [-0.25, -0.2) is 9.07 Å². The summed E-state index contributed by atoms with van der Waals surface area (Å²) in [5.74, 6) is -1.03. The van der Waals surface area contributed by atoms with Crippen LogP contribution in [0.3, 0.4) is 0 Å². The van der Waals surface area contributed by atoms with Crippen LogP contribution in [-0.4, -0.2) is 25.9 Å². The number of anilines is 1. The molecule has 0 radical (unpaired) electrons. The fourth-order valence-electron chi connectivity index (χ4n) is 3.15. The Morgan fingerprint density at radius 1 is 0.939 bits per heavy atom. The molecule has 168 valence electrons. The van der Waals surface area contributed by atoms with E-state index in [9.17, 15) is 22.4 Å². The normalized spacial score (nSPS) is 11.4. The van der Waals surface area contributed by atoms with Gasteiger partial charge in [0.1, 0.15) is 11.5 Å². The number of pyridine rings is 1. The molecule has 2 heterocycles. The first-order chi connectivity index (χ1) is 15.8. The lowest BCUT2D eigenvalue weighted by molar-refractivity contribution is -0.141. The first kappa shape index (κ1) is 22.1. The van der Waals surface area contributed by atoms with Crippen LogP contribution in [0.15, 0.2) is 79.1 Å². The first-order valence-corrected chi connectivity index (χ1v) is 9.83. The molecule has 0 atom stereocenters. The Morgan fingerprint density at radius 3 is 2.30 bits per heavy atom. The van der Waals surface area contributed by atoms with Crippen LogP contribution in [-0.2, 0) is 19.3 Å². The third-order valence-electron chi connectivity index (χ3n) is 4.78. The van der Waals surface area contributed by atoms with Crippen molar-refractivity contribution in [2.45, 2.75) is 19.3 Å². The van der Waals surface area contributed by atoms with Crippen molar-refractivity contribution in [3.8, 4) is 0 Å². The van der Waals surface area contributed by atoms with Crippen LogP contribution in [0.2, 0.25) is 0 Å². The largest absolute Gasteiger partial charge is 0.433 e. The molecule has 0 aliphatic carbocycles. The number of halogens is 4. The molecular formula is C23H17F4N5O. The summed E-state index contributed by atoms with van der Waals surface area (Å²) in [6, 6.07) is 16.7. The van der Waals surface area contributed by atoms with Crippen molar-refractivity contribution in [2.24, 2.45) is 0 Å². The topological polar surface area (TPSA) is 63.9 Å². The molecule has 33 heavy (non-hydrogen) atoms. The van der Waals surface area contributed by atoms with E-state index < -0.39 is 23.6 Å². The van der Waals surface area contributed by atoms with Gasteiger partial charge < -0.3 is 4.90 Å². The number of alkyl halides is 3. The lowest BCUT2D eigenvalue weighted by Gasteiger charge is -2.22. The second-order valence-corrected chi connectivity index (χ2v) is 7.20. The van der Waals surface area contributed by atoms with E-state index in [0.29, 0.717) is 17.8 Å². The van der Waals surface area contributed by atoms with Gasteiger partial charge in [0.2, 0.25) is 0 Å². The molecule has 0 unspecified atom stereocenters. The van der Waals surface area contributed by atoms with Gasteiger partial charge >= 0.3 is 6.18 Å². The molecule has 2 aromatic carbocycles. The number of hydrogen-bond acceptors (Lipinski definition) is 4. The van der Waals surface area contributed by atoms with E-state index in [4.69, 9.17) is 0 Å². The molecule has 0 bridgehead atoms. The van der Waals surface area contributed by atoms with Gasteiger partial charge in [-0.05, 0) is 41.5 Å². The summed E-state index contributed by atoms with van der Waals surface area (Å²) >= 11 is 0. The highest BCUT2D eigenvalue weighted by atomic mass is 19.4.